The molecular formula is C3H8BNO. The summed E-state index contributed by atoms with van der Waals surface area (Å²) in [5.41, 5.74) is 4.53. The van der Waals surface area contributed by atoms with E-state index in [0.29, 0.717) is 0 Å². The van der Waals surface area contributed by atoms with Crippen LogP contribution in [0.5, 0.6) is 0 Å². The third kappa shape index (κ3) is 10.4. The molecule has 0 aromatic heterocycles. The number of nitrogens with two attached hydrogens (primary N) is 1. The number of rotatable bonds is 1. The lowest BCUT2D eigenvalue weighted by molar-refractivity contribution is -0.113. The van der Waals surface area contributed by atoms with Crippen LogP contribution in [0, 0.1) is 0 Å². The SMILES string of the molecule is B.C=CC(N)=O. The van der Waals surface area contributed by atoms with Crippen LogP contribution >= 0.6 is 0 Å². The first kappa shape index (κ1) is 8.99. The number of amides is 1. The van der Waals surface area contributed by atoms with E-state index >= 15 is 0 Å². The average molecular weight is 84.9 g/mol. The van der Waals surface area contributed by atoms with E-state index in [2.05, 4.69) is 12.3 Å². The second-order valence-corrected chi connectivity index (χ2v) is 0.606. The van der Waals surface area contributed by atoms with Crippen LogP contribution < -0.4 is 5.73 Å². The van der Waals surface area contributed by atoms with Gasteiger partial charge in [0.1, 0.15) is 0 Å². The van der Waals surface area contributed by atoms with Crippen LogP contribution in [0.3, 0.4) is 0 Å². The second kappa shape index (κ2) is 4.27. The van der Waals surface area contributed by atoms with Gasteiger partial charge in [-0.1, -0.05) is 6.58 Å². The van der Waals surface area contributed by atoms with Crippen molar-refractivity contribution in [1.82, 2.24) is 0 Å². The summed E-state index contributed by atoms with van der Waals surface area (Å²) >= 11 is 0. The minimum absolute atomic E-state index is 0. The summed E-state index contributed by atoms with van der Waals surface area (Å²) in [6.45, 7) is 3.09. The molecule has 34 valence electrons. The van der Waals surface area contributed by atoms with Crippen molar-refractivity contribution < 1.29 is 4.79 Å². The zero-order valence-corrected chi connectivity index (χ0v) is 2.77. The number of hydrogen-bond donors (Lipinski definition) is 1. The summed E-state index contributed by atoms with van der Waals surface area (Å²) in [5, 5.41) is 0. The maximum atomic E-state index is 9.47. The Morgan fingerprint density at radius 3 is 2.00 bits per heavy atom. The number of primary amides is 1. The molecule has 0 aliphatic rings. The van der Waals surface area contributed by atoms with Crippen molar-refractivity contribution in [2.45, 2.75) is 0 Å². The van der Waals surface area contributed by atoms with Gasteiger partial charge in [0.05, 0.1) is 8.41 Å². The molecule has 0 atom stereocenters. The van der Waals surface area contributed by atoms with Gasteiger partial charge in [-0.05, 0) is 6.08 Å². The lowest BCUT2D eigenvalue weighted by Gasteiger charge is -1.65. The van der Waals surface area contributed by atoms with E-state index in [-0.39, 0.29) is 8.41 Å². The molecule has 0 aromatic rings. The number of carbonyl (C=O) groups is 1. The molecule has 0 saturated carbocycles. The first-order chi connectivity index (χ1) is 2.27. The Labute approximate surface area is 38.6 Å². The lowest BCUT2D eigenvalue weighted by Crippen LogP contribution is -2.04. The van der Waals surface area contributed by atoms with E-state index in [0.717, 1.165) is 6.08 Å². The first-order valence-corrected chi connectivity index (χ1v) is 1.19. The molecule has 0 aliphatic carbocycles. The summed E-state index contributed by atoms with van der Waals surface area (Å²) in [6.07, 6.45) is 1.06. The summed E-state index contributed by atoms with van der Waals surface area (Å²) < 4.78 is 0. The molecule has 0 saturated heterocycles. The maximum Gasteiger partial charge on any atom is 0.240 e. The smallest absolute Gasteiger partial charge is 0.240 e. The molecule has 3 heteroatoms. The molecule has 0 aromatic carbocycles. The van der Waals surface area contributed by atoms with E-state index in [9.17, 15) is 4.79 Å². The van der Waals surface area contributed by atoms with Crippen molar-refractivity contribution >= 4 is 14.3 Å². The fourth-order valence-electron chi connectivity index (χ4n) is 0. The molecule has 0 unspecified atom stereocenters. The summed E-state index contributed by atoms with van der Waals surface area (Å²) in [7, 11) is 0. The zero-order chi connectivity index (χ0) is 4.28. The van der Waals surface area contributed by atoms with E-state index in [4.69, 9.17) is 0 Å². The topological polar surface area (TPSA) is 43.1 Å². The monoisotopic (exact) mass is 85.1 g/mol. The minimum Gasteiger partial charge on any atom is -0.366 e. The molecule has 0 spiro atoms. The van der Waals surface area contributed by atoms with E-state index in [1.165, 1.54) is 0 Å². The van der Waals surface area contributed by atoms with Gasteiger partial charge in [-0.25, -0.2) is 0 Å². The van der Waals surface area contributed by atoms with E-state index < -0.39 is 5.91 Å². The average Bonchev–Trinajstić information content (AvgIpc) is 1.38. The zero-order valence-electron chi connectivity index (χ0n) is 2.77. The summed E-state index contributed by atoms with van der Waals surface area (Å²) in [5.74, 6) is -0.481. The molecule has 2 N–H and O–H groups in total. The van der Waals surface area contributed by atoms with Crippen LogP contribution in [-0.2, 0) is 4.79 Å². The molecule has 0 aliphatic heterocycles. The highest BCUT2D eigenvalue weighted by molar-refractivity contribution is 5.84. The Bertz CT molecular complexity index is 61.8. The van der Waals surface area contributed by atoms with Crippen molar-refractivity contribution in [3.63, 3.8) is 0 Å². The fraction of sp³-hybridized carbons (Fsp3) is 0. The molecule has 0 radical (unpaired) electrons. The summed E-state index contributed by atoms with van der Waals surface area (Å²) in [4.78, 5) is 9.47. The largest absolute Gasteiger partial charge is 0.366 e. The van der Waals surface area contributed by atoms with Crippen molar-refractivity contribution in [3.8, 4) is 0 Å². The van der Waals surface area contributed by atoms with Gasteiger partial charge >= 0.3 is 0 Å². The van der Waals surface area contributed by atoms with Gasteiger partial charge in [0.15, 0.2) is 0 Å². The van der Waals surface area contributed by atoms with Gasteiger partial charge in [0, 0.05) is 0 Å². The van der Waals surface area contributed by atoms with Crippen LogP contribution in [0.4, 0.5) is 0 Å². The van der Waals surface area contributed by atoms with E-state index in [1.807, 2.05) is 0 Å². The molecule has 0 heterocycles. The quantitative estimate of drug-likeness (QED) is 0.304. The van der Waals surface area contributed by atoms with Crippen molar-refractivity contribution in [1.29, 1.82) is 0 Å². The molecular weight excluding hydrogens is 76.9 g/mol. The Morgan fingerprint density at radius 2 is 2.00 bits per heavy atom. The van der Waals surface area contributed by atoms with Crippen LogP contribution in [0.15, 0.2) is 12.7 Å². The van der Waals surface area contributed by atoms with Crippen molar-refractivity contribution in [2.75, 3.05) is 0 Å². The Hall–Kier alpha value is -0.725. The third-order valence-electron chi connectivity index (χ3n) is 0.201. The lowest BCUT2D eigenvalue weighted by atomic mass is 10.6. The Morgan fingerprint density at radius 1 is 1.83 bits per heavy atom. The number of hydrogen-bond acceptors (Lipinski definition) is 1. The fourth-order valence-corrected chi connectivity index (χ4v) is 0. The van der Waals surface area contributed by atoms with Crippen molar-refractivity contribution in [3.05, 3.63) is 12.7 Å². The maximum absolute atomic E-state index is 9.47. The van der Waals surface area contributed by atoms with Gasteiger partial charge in [-0.3, -0.25) is 4.79 Å². The third-order valence-corrected chi connectivity index (χ3v) is 0.201. The second-order valence-electron chi connectivity index (χ2n) is 0.606. The van der Waals surface area contributed by atoms with Crippen LogP contribution in [-0.4, -0.2) is 14.3 Å². The first-order valence-electron chi connectivity index (χ1n) is 1.19. The standard InChI is InChI=1S/C3H5NO.BH3/c1-2-3(4)5;/h2H,1H2,(H2,4,5);1H3. The molecule has 0 bridgehead atoms. The minimum atomic E-state index is -0.481. The molecule has 2 nitrogen and oxygen atoms in total. The van der Waals surface area contributed by atoms with Gasteiger partial charge < -0.3 is 5.73 Å². The van der Waals surface area contributed by atoms with Crippen LogP contribution in [0.2, 0.25) is 0 Å². The van der Waals surface area contributed by atoms with Gasteiger partial charge in [-0.15, -0.1) is 0 Å². The van der Waals surface area contributed by atoms with Crippen LogP contribution in [0.1, 0.15) is 0 Å². The highest BCUT2D eigenvalue weighted by Gasteiger charge is 1.69. The molecule has 1 amide bonds. The molecule has 0 fully saturated rings. The highest BCUT2D eigenvalue weighted by atomic mass is 16.1. The van der Waals surface area contributed by atoms with Crippen LogP contribution in [0.25, 0.3) is 0 Å². The van der Waals surface area contributed by atoms with Gasteiger partial charge in [-0.2, -0.15) is 0 Å². The normalized spacial score (nSPS) is 5.33. The highest BCUT2D eigenvalue weighted by Crippen LogP contribution is 1.48. The molecule has 6 heavy (non-hydrogen) atoms. The van der Waals surface area contributed by atoms with Gasteiger partial charge in [0.25, 0.3) is 0 Å². The predicted octanol–water partition coefficient (Wildman–Crippen LogP) is -1.53. The summed E-state index contributed by atoms with van der Waals surface area (Å²) in [6, 6.07) is 0. The predicted molar refractivity (Wildman–Crippen MR) is 29.3 cm³/mol. The molecule has 0 rings (SSSR count). The Balaban J connectivity index is 0. The number of carbonyl (C=O) groups excluding carboxylic acids is 1. The van der Waals surface area contributed by atoms with Crippen molar-refractivity contribution in [2.24, 2.45) is 5.73 Å². The van der Waals surface area contributed by atoms with Gasteiger partial charge in [0.2, 0.25) is 5.91 Å². The van der Waals surface area contributed by atoms with E-state index in [1.54, 1.807) is 0 Å². The Kier molecular flexibility index (Phi) is 6.40.